The first kappa shape index (κ1) is 14.5. The topological polar surface area (TPSA) is 71.3 Å². The van der Waals surface area contributed by atoms with Gasteiger partial charge in [-0.05, 0) is 11.6 Å². The lowest BCUT2D eigenvalue weighted by Crippen LogP contribution is -2.20. The lowest BCUT2D eigenvalue weighted by molar-refractivity contribution is -0.404. The van der Waals surface area contributed by atoms with E-state index < -0.39 is 4.92 Å². The molecule has 0 spiro atoms. The van der Waals surface area contributed by atoms with Gasteiger partial charge in [0.15, 0.2) is 5.82 Å². The summed E-state index contributed by atoms with van der Waals surface area (Å²) in [6.07, 6.45) is 2.65. The zero-order valence-corrected chi connectivity index (χ0v) is 10.9. The molecule has 6 nitrogen and oxygen atoms in total. The van der Waals surface area contributed by atoms with Crippen LogP contribution in [0.15, 0.2) is 30.4 Å². The fourth-order valence-corrected chi connectivity index (χ4v) is 1.77. The van der Waals surface area contributed by atoms with Crippen LogP contribution < -0.4 is 5.32 Å². The summed E-state index contributed by atoms with van der Waals surface area (Å²) in [6.45, 7) is 2.03. The summed E-state index contributed by atoms with van der Waals surface area (Å²) in [4.78, 5) is 15.8. The van der Waals surface area contributed by atoms with Gasteiger partial charge in [-0.15, -0.1) is 12.4 Å². The zero-order chi connectivity index (χ0) is 12.3. The van der Waals surface area contributed by atoms with Gasteiger partial charge in [-0.3, -0.25) is 10.1 Å². The Kier molecular flexibility index (Phi) is 5.18. The summed E-state index contributed by atoms with van der Waals surface area (Å²) < 4.78 is 0. The van der Waals surface area contributed by atoms with Crippen LogP contribution in [0.25, 0.3) is 0 Å². The van der Waals surface area contributed by atoms with Crippen LogP contribution in [0.3, 0.4) is 0 Å². The number of nitrogens with zero attached hydrogens (tertiary/aromatic N) is 3. The molecule has 1 aliphatic heterocycles. The lowest BCUT2D eigenvalue weighted by Gasteiger charge is -2.16. The highest BCUT2D eigenvalue weighted by molar-refractivity contribution is 6.29. The van der Waals surface area contributed by atoms with Gasteiger partial charge < -0.3 is 10.2 Å². The molecule has 0 radical (unpaired) electrons. The molecule has 8 heteroatoms. The number of pyridine rings is 1. The SMILES string of the molecule is Cl.O=[N+]([O-])C=C1NCCN1Cc1ccc(Cl)nc1. The van der Waals surface area contributed by atoms with Gasteiger partial charge in [-0.2, -0.15) is 0 Å². The van der Waals surface area contributed by atoms with Gasteiger partial charge in [0.2, 0.25) is 0 Å². The van der Waals surface area contributed by atoms with E-state index in [0.717, 1.165) is 18.3 Å². The van der Waals surface area contributed by atoms with Crippen LogP contribution in [-0.2, 0) is 6.54 Å². The van der Waals surface area contributed by atoms with E-state index >= 15 is 0 Å². The summed E-state index contributed by atoms with van der Waals surface area (Å²) in [7, 11) is 0. The molecule has 1 saturated heterocycles. The molecule has 0 aromatic carbocycles. The van der Waals surface area contributed by atoms with Gasteiger partial charge in [0.05, 0.1) is 4.92 Å². The average molecular weight is 291 g/mol. The molecule has 18 heavy (non-hydrogen) atoms. The van der Waals surface area contributed by atoms with Crippen molar-refractivity contribution < 1.29 is 4.92 Å². The normalized spacial score (nSPS) is 16.3. The van der Waals surface area contributed by atoms with E-state index in [4.69, 9.17) is 11.6 Å². The molecule has 1 aromatic heterocycles. The monoisotopic (exact) mass is 290 g/mol. The average Bonchev–Trinajstić information content (AvgIpc) is 2.68. The number of aromatic nitrogens is 1. The Labute approximate surface area is 115 Å². The van der Waals surface area contributed by atoms with Crippen molar-refractivity contribution in [2.45, 2.75) is 6.54 Å². The smallest absolute Gasteiger partial charge is 0.274 e. The molecular weight excluding hydrogens is 279 g/mol. The number of hydrogen-bond acceptors (Lipinski definition) is 5. The third-order valence-electron chi connectivity index (χ3n) is 2.42. The highest BCUT2D eigenvalue weighted by Gasteiger charge is 2.19. The summed E-state index contributed by atoms with van der Waals surface area (Å²) in [5, 5.41) is 13.8. The molecule has 2 heterocycles. The summed E-state index contributed by atoms with van der Waals surface area (Å²) in [6, 6.07) is 3.56. The van der Waals surface area contributed by atoms with Crippen LogP contribution in [0.5, 0.6) is 0 Å². The molecule has 1 fully saturated rings. The predicted molar refractivity (Wildman–Crippen MR) is 70.0 cm³/mol. The molecule has 0 bridgehead atoms. The number of rotatable bonds is 3. The minimum atomic E-state index is -0.458. The summed E-state index contributed by atoms with van der Waals surface area (Å²) >= 11 is 5.69. The van der Waals surface area contributed by atoms with Crippen LogP contribution >= 0.6 is 24.0 Å². The van der Waals surface area contributed by atoms with Crippen LogP contribution in [-0.4, -0.2) is 27.9 Å². The number of hydrogen-bond donors (Lipinski definition) is 1. The van der Waals surface area contributed by atoms with Gasteiger partial charge in [-0.25, -0.2) is 4.98 Å². The number of nitrogens with one attached hydrogen (secondary N) is 1. The summed E-state index contributed by atoms with van der Waals surface area (Å²) in [5.41, 5.74) is 0.965. The Morgan fingerprint density at radius 1 is 1.61 bits per heavy atom. The van der Waals surface area contributed by atoms with E-state index in [2.05, 4.69) is 10.3 Å². The second-order valence-corrected chi connectivity index (χ2v) is 4.02. The van der Waals surface area contributed by atoms with Crippen molar-refractivity contribution in [1.29, 1.82) is 0 Å². The van der Waals surface area contributed by atoms with Crippen molar-refractivity contribution >= 4 is 24.0 Å². The Bertz CT molecular complexity index is 450. The quantitative estimate of drug-likeness (QED) is 0.521. The molecule has 0 unspecified atom stereocenters. The maximum absolute atomic E-state index is 10.4. The minimum absolute atomic E-state index is 0. The molecule has 1 aliphatic rings. The van der Waals surface area contributed by atoms with E-state index in [1.54, 1.807) is 12.3 Å². The van der Waals surface area contributed by atoms with Crippen molar-refractivity contribution in [2.75, 3.05) is 13.1 Å². The predicted octanol–water partition coefficient (Wildman–Crippen LogP) is 1.64. The van der Waals surface area contributed by atoms with E-state index in [0.29, 0.717) is 24.1 Å². The molecule has 98 valence electrons. The highest BCUT2D eigenvalue weighted by Crippen LogP contribution is 2.13. The molecular formula is C10H12Cl2N4O2. The molecule has 2 rings (SSSR count). The first-order valence-corrected chi connectivity index (χ1v) is 5.47. The van der Waals surface area contributed by atoms with Gasteiger partial charge in [0.25, 0.3) is 6.20 Å². The highest BCUT2D eigenvalue weighted by atomic mass is 35.5. The second kappa shape index (κ2) is 6.42. The van der Waals surface area contributed by atoms with Crippen molar-refractivity contribution in [3.63, 3.8) is 0 Å². The second-order valence-electron chi connectivity index (χ2n) is 3.64. The van der Waals surface area contributed by atoms with Gasteiger partial charge in [0, 0.05) is 25.8 Å². The largest absolute Gasteiger partial charge is 0.365 e. The van der Waals surface area contributed by atoms with Crippen molar-refractivity contribution in [3.05, 3.63) is 51.2 Å². The molecule has 1 aromatic rings. The van der Waals surface area contributed by atoms with Crippen molar-refractivity contribution in [3.8, 4) is 0 Å². The van der Waals surface area contributed by atoms with E-state index in [-0.39, 0.29) is 12.4 Å². The van der Waals surface area contributed by atoms with Crippen LogP contribution in [0.1, 0.15) is 5.56 Å². The van der Waals surface area contributed by atoms with E-state index in [1.165, 1.54) is 0 Å². The maximum Gasteiger partial charge on any atom is 0.274 e. The van der Waals surface area contributed by atoms with Crippen molar-refractivity contribution in [1.82, 2.24) is 15.2 Å². The number of nitro groups is 1. The number of halogens is 2. The Morgan fingerprint density at radius 2 is 2.39 bits per heavy atom. The molecule has 0 aliphatic carbocycles. The molecule has 0 amide bonds. The standard InChI is InChI=1S/C10H11ClN4O2.ClH/c11-9-2-1-8(5-13-9)6-14-4-3-12-10(14)7-15(16)17;/h1-2,5,7,12H,3-4,6H2;1H. The zero-order valence-electron chi connectivity index (χ0n) is 9.38. The van der Waals surface area contributed by atoms with Crippen LogP contribution in [0.2, 0.25) is 5.15 Å². The van der Waals surface area contributed by atoms with Crippen LogP contribution in [0, 0.1) is 10.1 Å². The molecule has 1 N–H and O–H groups in total. The van der Waals surface area contributed by atoms with E-state index in [9.17, 15) is 10.1 Å². The van der Waals surface area contributed by atoms with Gasteiger partial charge in [-0.1, -0.05) is 17.7 Å². The van der Waals surface area contributed by atoms with Crippen LogP contribution in [0.4, 0.5) is 0 Å². The Hall–Kier alpha value is -1.53. The van der Waals surface area contributed by atoms with Gasteiger partial charge >= 0.3 is 0 Å². The molecule has 0 saturated carbocycles. The minimum Gasteiger partial charge on any atom is -0.365 e. The maximum atomic E-state index is 10.4. The summed E-state index contributed by atoms with van der Waals surface area (Å²) in [5.74, 6) is 0.532. The third-order valence-corrected chi connectivity index (χ3v) is 2.64. The van der Waals surface area contributed by atoms with Crippen molar-refractivity contribution in [2.24, 2.45) is 0 Å². The Morgan fingerprint density at radius 3 is 3.00 bits per heavy atom. The third kappa shape index (κ3) is 3.75. The Balaban J connectivity index is 0.00000162. The fraction of sp³-hybridized carbons (Fsp3) is 0.300. The first-order valence-electron chi connectivity index (χ1n) is 5.10. The lowest BCUT2D eigenvalue weighted by atomic mass is 10.2. The molecule has 0 atom stereocenters. The fourth-order valence-electron chi connectivity index (χ4n) is 1.66. The first-order chi connectivity index (χ1) is 8.15. The van der Waals surface area contributed by atoms with Gasteiger partial charge in [0.1, 0.15) is 5.15 Å². The van der Waals surface area contributed by atoms with E-state index in [1.807, 2.05) is 11.0 Å².